The van der Waals surface area contributed by atoms with Crippen molar-refractivity contribution in [2.45, 2.75) is 13.0 Å². The van der Waals surface area contributed by atoms with Crippen molar-refractivity contribution in [2.75, 3.05) is 23.0 Å². The molecule has 130 valence electrons. The number of nitrogen functional groups attached to an aromatic ring is 1. The van der Waals surface area contributed by atoms with Crippen molar-refractivity contribution >= 4 is 23.1 Å². The largest absolute Gasteiger partial charge is 0.396 e. The lowest BCUT2D eigenvalue weighted by molar-refractivity contribution is 0.276. The number of hydrogen-bond acceptors (Lipinski definition) is 6. The van der Waals surface area contributed by atoms with Crippen molar-refractivity contribution in [3.63, 3.8) is 0 Å². The number of aliphatic hydroxyl groups excluding tert-OH is 1. The van der Waals surface area contributed by atoms with Gasteiger partial charge in [-0.05, 0) is 36.8 Å². The summed E-state index contributed by atoms with van der Waals surface area (Å²) >= 11 is 0. The van der Waals surface area contributed by atoms with E-state index in [-0.39, 0.29) is 12.4 Å². The van der Waals surface area contributed by atoms with E-state index < -0.39 is 6.04 Å². The van der Waals surface area contributed by atoms with Crippen molar-refractivity contribution in [2.24, 2.45) is 0 Å². The van der Waals surface area contributed by atoms with Gasteiger partial charge < -0.3 is 21.5 Å². The minimum atomic E-state index is -0.419. The molecule has 3 rings (SSSR count). The lowest BCUT2D eigenvalue weighted by Crippen LogP contribution is -2.16. The fourth-order valence-corrected chi connectivity index (χ4v) is 2.36. The summed E-state index contributed by atoms with van der Waals surface area (Å²) < 4.78 is 13.1. The molecule has 0 fully saturated rings. The van der Waals surface area contributed by atoms with Crippen LogP contribution in [0.1, 0.15) is 17.3 Å². The molecule has 6 N–H and O–H groups in total. The van der Waals surface area contributed by atoms with Gasteiger partial charge >= 0.3 is 0 Å². The number of nitrogens with zero attached hydrogens (tertiary/aromatic N) is 2. The van der Waals surface area contributed by atoms with E-state index in [1.165, 1.54) is 12.1 Å². The first-order valence-corrected chi connectivity index (χ1v) is 7.73. The number of nitrogens with two attached hydrogens (primary N) is 1. The molecular weight excluding hydrogens is 323 g/mol. The van der Waals surface area contributed by atoms with Gasteiger partial charge in [-0.2, -0.15) is 5.10 Å². The van der Waals surface area contributed by atoms with Gasteiger partial charge in [0.15, 0.2) is 11.6 Å². The van der Waals surface area contributed by atoms with Crippen LogP contribution >= 0.6 is 0 Å². The topological polar surface area (TPSA) is 112 Å². The Morgan fingerprint density at radius 2 is 1.96 bits per heavy atom. The normalized spacial score (nSPS) is 12.0. The number of anilines is 4. The molecule has 0 amide bonds. The van der Waals surface area contributed by atoms with Gasteiger partial charge in [-0.15, -0.1) is 0 Å². The highest BCUT2D eigenvalue weighted by molar-refractivity contribution is 5.69. The number of nitrogens with one attached hydrogen (secondary N) is 3. The Balaban J connectivity index is 1.79. The fraction of sp³-hybridized carbons (Fsp3) is 0.176. The minimum absolute atomic E-state index is 0.168. The highest BCUT2D eigenvalue weighted by atomic mass is 19.1. The maximum absolute atomic E-state index is 13.1. The molecule has 7 nitrogen and oxygen atoms in total. The van der Waals surface area contributed by atoms with E-state index >= 15 is 0 Å². The van der Waals surface area contributed by atoms with Crippen molar-refractivity contribution in [3.8, 4) is 0 Å². The number of aliphatic hydroxyl groups is 1. The van der Waals surface area contributed by atoms with Crippen LogP contribution in [0.2, 0.25) is 0 Å². The zero-order valence-corrected chi connectivity index (χ0v) is 13.6. The van der Waals surface area contributed by atoms with Crippen LogP contribution in [0.5, 0.6) is 0 Å². The summed E-state index contributed by atoms with van der Waals surface area (Å²) in [6, 6.07) is 10.8. The Morgan fingerprint density at radius 1 is 1.20 bits per heavy atom. The van der Waals surface area contributed by atoms with Gasteiger partial charge in [0.2, 0.25) is 0 Å². The van der Waals surface area contributed by atoms with E-state index in [2.05, 4.69) is 25.8 Å². The molecule has 0 bridgehead atoms. The second-order valence-corrected chi connectivity index (χ2v) is 5.63. The first-order chi connectivity index (χ1) is 12.0. The summed E-state index contributed by atoms with van der Waals surface area (Å²) in [6.45, 7) is 1.72. The number of aryl methyl sites for hydroxylation is 1. The molecule has 2 heterocycles. The van der Waals surface area contributed by atoms with E-state index in [0.29, 0.717) is 23.1 Å². The average molecular weight is 342 g/mol. The summed E-state index contributed by atoms with van der Waals surface area (Å²) in [5.74, 6) is 1.25. The molecule has 0 saturated heterocycles. The monoisotopic (exact) mass is 342 g/mol. The smallest absolute Gasteiger partial charge is 0.157 e. The van der Waals surface area contributed by atoms with Crippen LogP contribution < -0.4 is 16.4 Å². The van der Waals surface area contributed by atoms with Gasteiger partial charge in [0.05, 0.1) is 18.3 Å². The van der Waals surface area contributed by atoms with Gasteiger partial charge in [0.1, 0.15) is 11.6 Å². The van der Waals surface area contributed by atoms with Crippen molar-refractivity contribution in [1.29, 1.82) is 0 Å². The lowest BCUT2D eigenvalue weighted by Gasteiger charge is -2.18. The van der Waals surface area contributed by atoms with Gasteiger partial charge in [0, 0.05) is 11.8 Å². The summed E-state index contributed by atoms with van der Waals surface area (Å²) in [7, 11) is 0. The Morgan fingerprint density at radius 3 is 2.60 bits per heavy atom. The SMILES string of the molecule is Cc1cc(Nc2nc(NC(CO)c3ccc(F)cc3)ccc2N)n[nH]1. The summed E-state index contributed by atoms with van der Waals surface area (Å²) in [5.41, 5.74) is 8.08. The lowest BCUT2D eigenvalue weighted by atomic mass is 10.1. The molecular formula is C17H19FN6O. The van der Waals surface area contributed by atoms with Crippen molar-refractivity contribution < 1.29 is 9.50 Å². The summed E-state index contributed by atoms with van der Waals surface area (Å²) in [6.07, 6.45) is 0. The van der Waals surface area contributed by atoms with E-state index in [0.717, 1.165) is 11.3 Å². The number of benzene rings is 1. The molecule has 25 heavy (non-hydrogen) atoms. The predicted octanol–water partition coefficient (Wildman–Crippen LogP) is 2.72. The van der Waals surface area contributed by atoms with E-state index in [1.54, 1.807) is 24.3 Å². The third kappa shape index (κ3) is 4.04. The Labute approximate surface area is 144 Å². The highest BCUT2D eigenvalue weighted by Crippen LogP contribution is 2.25. The van der Waals surface area contributed by atoms with E-state index in [4.69, 9.17) is 5.73 Å². The number of pyridine rings is 1. The quantitative estimate of drug-likeness (QED) is 0.471. The number of H-pyrrole nitrogens is 1. The Kier molecular flexibility index (Phi) is 4.80. The van der Waals surface area contributed by atoms with Crippen LogP contribution in [0.4, 0.5) is 27.5 Å². The van der Waals surface area contributed by atoms with Crippen molar-refractivity contribution in [3.05, 3.63) is 59.5 Å². The molecule has 8 heteroatoms. The zero-order valence-electron chi connectivity index (χ0n) is 13.6. The number of aromatic nitrogens is 3. The minimum Gasteiger partial charge on any atom is -0.396 e. The third-order valence-electron chi connectivity index (χ3n) is 3.66. The number of halogens is 1. The molecule has 0 saturated carbocycles. The van der Waals surface area contributed by atoms with Crippen LogP contribution in [0.3, 0.4) is 0 Å². The molecule has 3 aromatic rings. The second kappa shape index (κ2) is 7.18. The number of aromatic amines is 1. The maximum Gasteiger partial charge on any atom is 0.157 e. The molecule has 0 aliphatic carbocycles. The van der Waals surface area contributed by atoms with Gasteiger partial charge in [-0.25, -0.2) is 9.37 Å². The average Bonchev–Trinajstić information content (AvgIpc) is 3.01. The first kappa shape index (κ1) is 16.7. The molecule has 1 aromatic carbocycles. The van der Waals surface area contributed by atoms with Crippen LogP contribution in [0.15, 0.2) is 42.5 Å². The zero-order chi connectivity index (χ0) is 17.8. The van der Waals surface area contributed by atoms with Crippen LogP contribution in [-0.4, -0.2) is 26.9 Å². The third-order valence-corrected chi connectivity index (χ3v) is 3.66. The molecule has 0 aliphatic rings. The molecule has 0 aliphatic heterocycles. The molecule has 0 spiro atoms. The number of rotatable bonds is 6. The molecule has 0 radical (unpaired) electrons. The molecule has 1 unspecified atom stereocenters. The second-order valence-electron chi connectivity index (χ2n) is 5.63. The van der Waals surface area contributed by atoms with E-state index in [1.807, 2.05) is 13.0 Å². The maximum atomic E-state index is 13.1. The molecule has 2 aromatic heterocycles. The van der Waals surface area contributed by atoms with Crippen LogP contribution in [0.25, 0.3) is 0 Å². The number of hydrogen-bond donors (Lipinski definition) is 5. The van der Waals surface area contributed by atoms with Crippen LogP contribution in [-0.2, 0) is 0 Å². The highest BCUT2D eigenvalue weighted by Gasteiger charge is 2.13. The van der Waals surface area contributed by atoms with Crippen molar-refractivity contribution in [1.82, 2.24) is 15.2 Å². The van der Waals surface area contributed by atoms with Gasteiger partial charge in [-0.1, -0.05) is 12.1 Å². The van der Waals surface area contributed by atoms with Gasteiger partial charge in [0.25, 0.3) is 0 Å². The molecule has 1 atom stereocenters. The summed E-state index contributed by atoms with van der Waals surface area (Å²) in [4.78, 5) is 4.42. The Bertz CT molecular complexity index is 849. The van der Waals surface area contributed by atoms with Gasteiger partial charge in [-0.3, -0.25) is 5.10 Å². The standard InChI is InChI=1S/C17H19FN6O/c1-10-8-16(24-23-10)22-17-13(19)6-7-15(21-17)20-14(9-25)11-2-4-12(18)5-3-11/h2-8,14,25H,9,19H2,1H3,(H3,20,21,22,23,24). The first-order valence-electron chi connectivity index (χ1n) is 7.73. The summed E-state index contributed by atoms with van der Waals surface area (Å²) in [5, 5.41) is 22.7. The fourth-order valence-electron chi connectivity index (χ4n) is 2.36. The predicted molar refractivity (Wildman–Crippen MR) is 95.1 cm³/mol. The van der Waals surface area contributed by atoms with E-state index in [9.17, 15) is 9.50 Å². The Hall–Kier alpha value is -3.13. The van der Waals surface area contributed by atoms with Crippen LogP contribution in [0, 0.1) is 12.7 Å².